The maximum Gasteiger partial charge on any atom is 0.229 e. The van der Waals surface area contributed by atoms with Gasteiger partial charge in [0, 0.05) is 23.8 Å². The van der Waals surface area contributed by atoms with Crippen molar-refractivity contribution >= 4 is 11.0 Å². The minimum atomic E-state index is -1.75. The largest absolute Gasteiger partial charge is 0.504 e. The highest BCUT2D eigenvalue weighted by molar-refractivity contribution is 5.86. The third-order valence-corrected chi connectivity index (χ3v) is 7.42. The Morgan fingerprint density at radius 3 is 2.26 bits per heavy atom. The van der Waals surface area contributed by atoms with E-state index in [-0.39, 0.29) is 39.5 Å². The SMILES string of the molecule is COc1cc(O[C@@H]2OC(CO)[C@@H](O)C(O)C2O[C@@H]2OC(C)[C@H](O)C(O)C2O)cc2oc(-c3ccc(O)c(O)c3)cc(=O)c12. The van der Waals surface area contributed by atoms with Crippen molar-refractivity contribution < 1.29 is 69.0 Å². The minimum absolute atomic E-state index is 0.0195. The van der Waals surface area contributed by atoms with Crippen molar-refractivity contribution in [1.82, 2.24) is 0 Å². The molecule has 2 aliphatic heterocycles. The first-order valence-electron chi connectivity index (χ1n) is 13.3. The first-order valence-corrected chi connectivity index (χ1v) is 13.3. The molecule has 5 rings (SSSR count). The van der Waals surface area contributed by atoms with Gasteiger partial charge in [0.25, 0.3) is 0 Å². The third kappa shape index (κ3) is 5.86. The Hall–Kier alpha value is -3.51. The molecule has 0 saturated carbocycles. The Balaban J connectivity index is 1.51. The number of ether oxygens (including phenoxy) is 5. The van der Waals surface area contributed by atoms with E-state index in [4.69, 9.17) is 28.1 Å². The molecule has 3 aromatic rings. The molecule has 2 aromatic carbocycles. The molecule has 2 saturated heterocycles. The molecule has 6 unspecified atom stereocenters. The van der Waals surface area contributed by atoms with Gasteiger partial charge in [0.15, 0.2) is 29.3 Å². The lowest BCUT2D eigenvalue weighted by Gasteiger charge is -2.45. The van der Waals surface area contributed by atoms with Crippen molar-refractivity contribution in [2.24, 2.45) is 0 Å². The van der Waals surface area contributed by atoms with E-state index in [9.17, 15) is 45.6 Å². The van der Waals surface area contributed by atoms with E-state index in [1.807, 2.05) is 0 Å². The topological polar surface area (TPSA) is 238 Å². The fraction of sp³-hybridized carbons (Fsp3) is 0.464. The van der Waals surface area contributed by atoms with Gasteiger partial charge in [-0.3, -0.25) is 4.79 Å². The lowest BCUT2D eigenvalue weighted by atomic mass is 9.97. The summed E-state index contributed by atoms with van der Waals surface area (Å²) in [5.41, 5.74) is -0.243. The molecule has 0 radical (unpaired) electrons. The number of phenols is 2. The molecule has 3 heterocycles. The van der Waals surface area contributed by atoms with Crippen molar-refractivity contribution in [2.75, 3.05) is 13.7 Å². The van der Waals surface area contributed by atoms with Crippen molar-refractivity contribution in [1.29, 1.82) is 0 Å². The van der Waals surface area contributed by atoms with Crippen LogP contribution >= 0.6 is 0 Å². The van der Waals surface area contributed by atoms with Gasteiger partial charge in [-0.1, -0.05) is 0 Å². The van der Waals surface area contributed by atoms with Gasteiger partial charge < -0.3 is 69.0 Å². The molecular formula is C28H32O15. The minimum Gasteiger partial charge on any atom is -0.504 e. The summed E-state index contributed by atoms with van der Waals surface area (Å²) in [6.45, 7) is 0.714. The first kappa shape index (κ1) is 30.9. The molecule has 1 aromatic heterocycles. The molecule has 15 nitrogen and oxygen atoms in total. The summed E-state index contributed by atoms with van der Waals surface area (Å²) in [6, 6.07) is 7.66. The fourth-order valence-corrected chi connectivity index (χ4v) is 4.99. The number of aliphatic hydroxyl groups excluding tert-OH is 6. The molecule has 0 amide bonds. The van der Waals surface area contributed by atoms with Crippen LogP contribution in [-0.2, 0) is 14.2 Å². The Morgan fingerprint density at radius 2 is 1.58 bits per heavy atom. The second-order valence-corrected chi connectivity index (χ2v) is 10.3. The zero-order chi connectivity index (χ0) is 31.2. The van der Waals surface area contributed by atoms with Crippen LogP contribution in [0.5, 0.6) is 23.0 Å². The highest BCUT2D eigenvalue weighted by Crippen LogP contribution is 2.36. The molecule has 0 bridgehead atoms. The van der Waals surface area contributed by atoms with E-state index in [2.05, 4.69) is 0 Å². The Morgan fingerprint density at radius 1 is 0.837 bits per heavy atom. The number of benzene rings is 2. The summed E-state index contributed by atoms with van der Waals surface area (Å²) < 4.78 is 34.1. The van der Waals surface area contributed by atoms with Gasteiger partial charge in [-0.15, -0.1) is 0 Å². The summed E-state index contributed by atoms with van der Waals surface area (Å²) in [4.78, 5) is 13.0. The quantitative estimate of drug-likeness (QED) is 0.149. The molecule has 43 heavy (non-hydrogen) atoms. The number of rotatable bonds is 7. The summed E-state index contributed by atoms with van der Waals surface area (Å²) in [5.74, 6) is -0.762. The molecule has 2 aliphatic rings. The van der Waals surface area contributed by atoms with Crippen molar-refractivity contribution in [3.05, 3.63) is 46.6 Å². The maximum atomic E-state index is 13.0. The van der Waals surface area contributed by atoms with E-state index in [1.165, 1.54) is 50.4 Å². The highest BCUT2D eigenvalue weighted by atomic mass is 16.8. The number of hydrogen-bond donors (Lipinski definition) is 8. The van der Waals surface area contributed by atoms with Crippen LogP contribution in [0.3, 0.4) is 0 Å². The van der Waals surface area contributed by atoms with Crippen LogP contribution in [0.4, 0.5) is 0 Å². The highest BCUT2D eigenvalue weighted by Gasteiger charge is 2.51. The van der Waals surface area contributed by atoms with Crippen molar-refractivity contribution in [2.45, 2.75) is 68.3 Å². The predicted molar refractivity (Wildman–Crippen MR) is 143 cm³/mol. The number of fused-ring (bicyclic) bond motifs is 1. The summed E-state index contributed by atoms with van der Waals surface area (Å²) >= 11 is 0. The predicted octanol–water partition coefficient (Wildman–Crippen LogP) is -1.09. The monoisotopic (exact) mass is 608 g/mol. The van der Waals surface area contributed by atoms with E-state index >= 15 is 0 Å². The van der Waals surface area contributed by atoms with Crippen molar-refractivity contribution in [3.63, 3.8) is 0 Å². The van der Waals surface area contributed by atoms with Gasteiger partial charge in [0.2, 0.25) is 6.29 Å². The molecule has 15 heteroatoms. The van der Waals surface area contributed by atoms with E-state index in [0.717, 1.165) is 0 Å². The average molecular weight is 609 g/mol. The smallest absolute Gasteiger partial charge is 0.229 e. The van der Waals surface area contributed by atoms with Crippen LogP contribution in [-0.4, -0.2) is 116 Å². The number of phenolic OH excluding ortho intramolecular Hbond substituents is 2. The van der Waals surface area contributed by atoms with Gasteiger partial charge in [-0.25, -0.2) is 0 Å². The summed E-state index contributed by atoms with van der Waals surface area (Å²) in [5, 5.41) is 81.3. The van der Waals surface area contributed by atoms with E-state index < -0.39 is 79.2 Å². The Bertz CT molecular complexity index is 1510. The van der Waals surface area contributed by atoms with Crippen LogP contribution in [0, 0.1) is 0 Å². The Kier molecular flexibility index (Phi) is 8.80. The molecule has 0 spiro atoms. The summed E-state index contributed by atoms with van der Waals surface area (Å²) in [6.07, 6.45) is -15.3. The molecule has 0 aliphatic carbocycles. The zero-order valence-electron chi connectivity index (χ0n) is 22.9. The Labute approximate surface area is 243 Å². The number of methoxy groups -OCH3 is 1. The second-order valence-electron chi connectivity index (χ2n) is 10.3. The number of aromatic hydroxyl groups is 2. The fourth-order valence-electron chi connectivity index (χ4n) is 4.99. The molecule has 10 atom stereocenters. The van der Waals surface area contributed by atoms with Gasteiger partial charge in [-0.2, -0.15) is 0 Å². The number of aliphatic hydroxyl groups is 6. The van der Waals surface area contributed by atoms with Crippen LogP contribution in [0.2, 0.25) is 0 Å². The van der Waals surface area contributed by atoms with Crippen LogP contribution in [0.25, 0.3) is 22.3 Å². The van der Waals surface area contributed by atoms with Crippen molar-refractivity contribution in [3.8, 4) is 34.3 Å². The average Bonchev–Trinajstić information content (AvgIpc) is 2.98. The van der Waals surface area contributed by atoms with Gasteiger partial charge in [-0.05, 0) is 25.1 Å². The van der Waals surface area contributed by atoms with Gasteiger partial charge >= 0.3 is 0 Å². The van der Waals surface area contributed by atoms with Gasteiger partial charge in [0.05, 0.1) is 19.8 Å². The zero-order valence-corrected chi connectivity index (χ0v) is 22.9. The van der Waals surface area contributed by atoms with E-state index in [1.54, 1.807) is 0 Å². The van der Waals surface area contributed by atoms with Crippen LogP contribution in [0.1, 0.15) is 6.92 Å². The molecular weight excluding hydrogens is 576 g/mol. The third-order valence-electron chi connectivity index (χ3n) is 7.42. The first-order chi connectivity index (χ1) is 20.4. The lowest BCUT2D eigenvalue weighted by molar-refractivity contribution is -0.354. The lowest BCUT2D eigenvalue weighted by Crippen LogP contribution is -2.64. The maximum absolute atomic E-state index is 13.0. The van der Waals surface area contributed by atoms with Crippen LogP contribution in [0.15, 0.2) is 45.6 Å². The summed E-state index contributed by atoms with van der Waals surface area (Å²) in [7, 11) is 1.30. The standard InChI is InChI=1S/C28H32O15/c1-10-21(33)23(35)25(37)27(39-10)43-26-24(36)22(34)19(9-29)42-28(26)40-12-6-17(38-2)20-15(32)8-16(41-18(20)7-12)11-3-4-13(30)14(31)5-11/h3-8,10,19,21-31,33-37H,9H2,1-2H3/t10?,19?,21-,22+,23?,24?,25?,26?,27-,28+/m0/s1. The second kappa shape index (κ2) is 12.2. The molecule has 234 valence electrons. The molecule has 8 N–H and O–H groups in total. The molecule has 2 fully saturated rings. The van der Waals surface area contributed by atoms with E-state index in [0.29, 0.717) is 0 Å². The number of hydrogen-bond acceptors (Lipinski definition) is 15. The normalized spacial score (nSPS) is 32.9. The van der Waals surface area contributed by atoms with Crippen LogP contribution < -0.4 is 14.9 Å². The van der Waals surface area contributed by atoms with Gasteiger partial charge in [0.1, 0.15) is 64.9 Å².